The van der Waals surface area contributed by atoms with E-state index in [2.05, 4.69) is 34.5 Å². The van der Waals surface area contributed by atoms with Crippen molar-refractivity contribution in [3.63, 3.8) is 0 Å². The Hall–Kier alpha value is -0.900. The van der Waals surface area contributed by atoms with Crippen molar-refractivity contribution in [2.45, 2.75) is 44.4 Å². The zero-order valence-corrected chi connectivity index (χ0v) is 12.5. The van der Waals surface area contributed by atoms with Crippen molar-refractivity contribution in [3.05, 3.63) is 35.4 Å². The van der Waals surface area contributed by atoms with Gasteiger partial charge >= 0.3 is 0 Å². The summed E-state index contributed by atoms with van der Waals surface area (Å²) in [6.45, 7) is 4.42. The van der Waals surface area contributed by atoms with Gasteiger partial charge in [0.25, 0.3) is 0 Å². The van der Waals surface area contributed by atoms with Crippen LogP contribution >= 0.6 is 0 Å². The van der Waals surface area contributed by atoms with Crippen LogP contribution in [-0.4, -0.2) is 43.8 Å². The van der Waals surface area contributed by atoms with Crippen LogP contribution in [0.5, 0.6) is 0 Å². The van der Waals surface area contributed by atoms with E-state index in [1.54, 1.807) is 0 Å². The van der Waals surface area contributed by atoms with Gasteiger partial charge in [-0.2, -0.15) is 0 Å². The average molecular weight is 274 g/mol. The molecule has 1 unspecified atom stereocenters. The second-order valence-electron chi connectivity index (χ2n) is 6.13. The van der Waals surface area contributed by atoms with Crippen LogP contribution in [0.4, 0.5) is 0 Å². The molecule has 0 bridgehead atoms. The number of hydrogen-bond donors (Lipinski definition) is 1. The van der Waals surface area contributed by atoms with Gasteiger partial charge in [0, 0.05) is 32.8 Å². The van der Waals surface area contributed by atoms with Crippen LogP contribution in [0.3, 0.4) is 0 Å². The molecule has 0 amide bonds. The molecule has 1 aliphatic carbocycles. The summed E-state index contributed by atoms with van der Waals surface area (Å²) in [4.78, 5) is 2.52. The first-order valence-electron chi connectivity index (χ1n) is 7.90. The Labute approximate surface area is 122 Å². The molecule has 1 saturated heterocycles. The molecular weight excluding hydrogens is 248 g/mol. The zero-order valence-electron chi connectivity index (χ0n) is 12.5. The molecule has 3 nitrogen and oxygen atoms in total. The smallest absolute Gasteiger partial charge is 0.0710 e. The van der Waals surface area contributed by atoms with Crippen LogP contribution in [0, 0.1) is 0 Å². The van der Waals surface area contributed by atoms with Crippen LogP contribution in [0.1, 0.15) is 30.4 Å². The normalized spacial score (nSPS) is 23.4. The van der Waals surface area contributed by atoms with Gasteiger partial charge in [-0.1, -0.05) is 24.3 Å². The fraction of sp³-hybridized carbons (Fsp3) is 0.647. The number of nitrogens with zero attached hydrogens (tertiary/aromatic N) is 1. The second-order valence-corrected chi connectivity index (χ2v) is 6.13. The molecule has 3 rings (SSSR count). The quantitative estimate of drug-likeness (QED) is 0.825. The highest BCUT2D eigenvalue weighted by Gasteiger charge is 2.23. The van der Waals surface area contributed by atoms with Crippen LogP contribution in [-0.2, 0) is 17.7 Å². The van der Waals surface area contributed by atoms with Crippen LogP contribution in [0.15, 0.2) is 24.3 Å². The molecule has 0 spiro atoms. The zero-order chi connectivity index (χ0) is 13.8. The standard InChI is InChI=1S/C17H26N2O/c1-20-17-9-11-19(13-17)12-15-5-3-2-4-14(15)8-10-18-16-6-7-16/h2-5,16-18H,6-13H2,1H3. The van der Waals surface area contributed by atoms with Crippen molar-refractivity contribution in [2.75, 3.05) is 26.7 Å². The molecule has 0 radical (unpaired) electrons. The summed E-state index contributed by atoms with van der Waals surface area (Å²) < 4.78 is 5.46. The van der Waals surface area contributed by atoms with Gasteiger partial charge in [0.2, 0.25) is 0 Å². The number of ether oxygens (including phenoxy) is 1. The first kappa shape index (κ1) is 14.1. The minimum Gasteiger partial charge on any atom is -0.380 e. The summed E-state index contributed by atoms with van der Waals surface area (Å²) in [7, 11) is 1.83. The monoisotopic (exact) mass is 274 g/mol. The second kappa shape index (κ2) is 6.70. The van der Waals surface area contributed by atoms with Gasteiger partial charge in [-0.3, -0.25) is 4.90 Å². The molecule has 0 aromatic heterocycles. The number of rotatable bonds is 7. The summed E-state index contributed by atoms with van der Waals surface area (Å²) in [6, 6.07) is 9.71. The third-order valence-corrected chi connectivity index (χ3v) is 4.48. The Kier molecular flexibility index (Phi) is 4.71. The highest BCUT2D eigenvalue weighted by molar-refractivity contribution is 5.27. The minimum absolute atomic E-state index is 0.429. The number of nitrogens with one attached hydrogen (secondary N) is 1. The van der Waals surface area contributed by atoms with E-state index in [4.69, 9.17) is 4.74 Å². The van der Waals surface area contributed by atoms with Gasteiger partial charge in [0.05, 0.1) is 6.10 Å². The lowest BCUT2D eigenvalue weighted by Gasteiger charge is -2.18. The maximum absolute atomic E-state index is 5.46. The maximum atomic E-state index is 5.46. The molecule has 1 aromatic rings. The van der Waals surface area contributed by atoms with E-state index in [1.165, 1.54) is 30.4 Å². The van der Waals surface area contributed by atoms with E-state index < -0.39 is 0 Å². The average Bonchev–Trinajstić information content (AvgIpc) is 3.18. The Balaban J connectivity index is 1.54. The molecule has 1 saturated carbocycles. The van der Waals surface area contributed by atoms with Gasteiger partial charge in [-0.05, 0) is 43.4 Å². The minimum atomic E-state index is 0.429. The van der Waals surface area contributed by atoms with Crippen molar-refractivity contribution < 1.29 is 4.74 Å². The number of likely N-dealkylation sites (tertiary alicyclic amines) is 1. The molecule has 110 valence electrons. The molecule has 3 heteroatoms. The summed E-state index contributed by atoms with van der Waals surface area (Å²) in [5, 5.41) is 3.61. The molecule has 1 aliphatic heterocycles. The van der Waals surface area contributed by atoms with Gasteiger partial charge in [-0.15, -0.1) is 0 Å². The molecule has 2 fully saturated rings. The van der Waals surface area contributed by atoms with E-state index in [-0.39, 0.29) is 0 Å². The van der Waals surface area contributed by atoms with E-state index in [0.29, 0.717) is 6.10 Å². The van der Waals surface area contributed by atoms with Crippen molar-refractivity contribution in [1.29, 1.82) is 0 Å². The van der Waals surface area contributed by atoms with Gasteiger partial charge in [-0.25, -0.2) is 0 Å². The topological polar surface area (TPSA) is 24.5 Å². The third-order valence-electron chi connectivity index (χ3n) is 4.48. The van der Waals surface area contributed by atoms with Crippen molar-refractivity contribution >= 4 is 0 Å². The van der Waals surface area contributed by atoms with E-state index in [9.17, 15) is 0 Å². The van der Waals surface area contributed by atoms with E-state index in [1.807, 2.05) is 7.11 Å². The Bertz CT molecular complexity index is 431. The molecule has 1 N–H and O–H groups in total. The largest absolute Gasteiger partial charge is 0.380 e. The maximum Gasteiger partial charge on any atom is 0.0710 e. The summed E-state index contributed by atoms with van der Waals surface area (Å²) in [6.07, 6.45) is 5.48. The van der Waals surface area contributed by atoms with Crippen molar-refractivity contribution in [2.24, 2.45) is 0 Å². The number of benzene rings is 1. The lowest BCUT2D eigenvalue weighted by molar-refractivity contribution is 0.107. The number of methoxy groups -OCH3 is 1. The van der Waals surface area contributed by atoms with Crippen LogP contribution < -0.4 is 5.32 Å². The van der Waals surface area contributed by atoms with E-state index in [0.717, 1.165) is 38.6 Å². The fourth-order valence-corrected chi connectivity index (χ4v) is 3.03. The molecule has 1 atom stereocenters. The van der Waals surface area contributed by atoms with Crippen molar-refractivity contribution in [1.82, 2.24) is 10.2 Å². The van der Waals surface area contributed by atoms with Gasteiger partial charge in [0.1, 0.15) is 0 Å². The lowest BCUT2D eigenvalue weighted by Crippen LogP contribution is -2.24. The summed E-state index contributed by atoms with van der Waals surface area (Å²) >= 11 is 0. The molecular formula is C17H26N2O. The SMILES string of the molecule is COC1CCN(Cc2ccccc2CCNC2CC2)C1. The molecule has 20 heavy (non-hydrogen) atoms. The van der Waals surface area contributed by atoms with Crippen LogP contribution in [0.25, 0.3) is 0 Å². The fourth-order valence-electron chi connectivity index (χ4n) is 3.03. The summed E-state index contributed by atoms with van der Waals surface area (Å²) in [5.41, 5.74) is 2.99. The van der Waals surface area contributed by atoms with Gasteiger partial charge < -0.3 is 10.1 Å². The highest BCUT2D eigenvalue weighted by atomic mass is 16.5. The van der Waals surface area contributed by atoms with Gasteiger partial charge in [0.15, 0.2) is 0 Å². The molecule has 1 heterocycles. The Morgan fingerprint density at radius 2 is 2.00 bits per heavy atom. The molecule has 1 aromatic carbocycles. The first-order valence-corrected chi connectivity index (χ1v) is 7.90. The lowest BCUT2D eigenvalue weighted by atomic mass is 10.0. The predicted octanol–water partition coefficient (Wildman–Crippen LogP) is 2.20. The Morgan fingerprint density at radius 1 is 1.20 bits per heavy atom. The Morgan fingerprint density at radius 3 is 2.70 bits per heavy atom. The number of hydrogen-bond acceptors (Lipinski definition) is 3. The van der Waals surface area contributed by atoms with Crippen LogP contribution in [0.2, 0.25) is 0 Å². The first-order chi connectivity index (χ1) is 9.85. The van der Waals surface area contributed by atoms with Crippen molar-refractivity contribution in [3.8, 4) is 0 Å². The third kappa shape index (κ3) is 3.81. The highest BCUT2D eigenvalue weighted by Crippen LogP contribution is 2.20. The van der Waals surface area contributed by atoms with E-state index >= 15 is 0 Å². The molecule has 2 aliphatic rings. The summed E-state index contributed by atoms with van der Waals surface area (Å²) in [5.74, 6) is 0. The predicted molar refractivity (Wildman–Crippen MR) is 81.9 cm³/mol.